The number of ether oxygens (including phenoxy) is 1. The Kier molecular flexibility index (Phi) is 4.97. The van der Waals surface area contributed by atoms with E-state index < -0.39 is 0 Å². The largest absolute Gasteiger partial charge is 0.378 e. The van der Waals surface area contributed by atoms with Crippen LogP contribution in [0.5, 0.6) is 0 Å². The van der Waals surface area contributed by atoms with Crippen LogP contribution < -0.4 is 10.2 Å². The number of aromatic nitrogens is 4. The van der Waals surface area contributed by atoms with Gasteiger partial charge in [-0.2, -0.15) is 5.10 Å². The zero-order chi connectivity index (χ0) is 16.2. The van der Waals surface area contributed by atoms with Crippen LogP contribution in [-0.4, -0.2) is 52.2 Å². The number of morpholine rings is 1. The van der Waals surface area contributed by atoms with Gasteiger partial charge in [0.2, 0.25) is 0 Å². The SMILES string of the molecule is Cc1nn(C)c(N2CCOCC2)c1CNCCn1ccnc1C. The molecule has 2 aromatic rings. The molecule has 0 spiro atoms. The molecular weight excluding hydrogens is 292 g/mol. The molecule has 0 saturated carbocycles. The van der Waals surface area contributed by atoms with Crippen molar-refractivity contribution in [3.63, 3.8) is 0 Å². The summed E-state index contributed by atoms with van der Waals surface area (Å²) >= 11 is 0. The zero-order valence-electron chi connectivity index (χ0n) is 14.2. The van der Waals surface area contributed by atoms with Crippen LogP contribution in [0.2, 0.25) is 0 Å². The molecule has 0 amide bonds. The first-order valence-corrected chi connectivity index (χ1v) is 8.20. The van der Waals surface area contributed by atoms with Crippen molar-refractivity contribution in [3.8, 4) is 0 Å². The maximum Gasteiger partial charge on any atom is 0.131 e. The van der Waals surface area contributed by atoms with Crippen molar-refractivity contribution >= 4 is 5.82 Å². The first-order valence-electron chi connectivity index (χ1n) is 8.20. The highest BCUT2D eigenvalue weighted by atomic mass is 16.5. The molecule has 0 bridgehead atoms. The predicted octanol–water partition coefficient (Wildman–Crippen LogP) is 0.860. The molecule has 1 fully saturated rings. The number of imidazole rings is 1. The van der Waals surface area contributed by atoms with Gasteiger partial charge in [-0.15, -0.1) is 0 Å². The molecule has 126 valence electrons. The summed E-state index contributed by atoms with van der Waals surface area (Å²) in [6, 6.07) is 0. The predicted molar refractivity (Wildman–Crippen MR) is 89.6 cm³/mol. The molecule has 23 heavy (non-hydrogen) atoms. The molecule has 7 nitrogen and oxygen atoms in total. The maximum atomic E-state index is 5.46. The van der Waals surface area contributed by atoms with E-state index >= 15 is 0 Å². The fourth-order valence-corrected chi connectivity index (χ4v) is 3.12. The number of hydrogen-bond donors (Lipinski definition) is 1. The second kappa shape index (κ2) is 7.14. The van der Waals surface area contributed by atoms with E-state index in [1.54, 1.807) is 0 Å². The highest BCUT2D eigenvalue weighted by Gasteiger charge is 2.20. The molecule has 0 atom stereocenters. The second-order valence-corrected chi connectivity index (χ2v) is 5.96. The smallest absolute Gasteiger partial charge is 0.131 e. The van der Waals surface area contributed by atoms with Gasteiger partial charge >= 0.3 is 0 Å². The monoisotopic (exact) mass is 318 g/mol. The molecule has 2 aromatic heterocycles. The van der Waals surface area contributed by atoms with Crippen molar-refractivity contribution in [2.24, 2.45) is 7.05 Å². The third-order valence-corrected chi connectivity index (χ3v) is 4.38. The fraction of sp³-hybridized carbons (Fsp3) is 0.625. The third kappa shape index (κ3) is 3.56. The number of nitrogens with one attached hydrogen (secondary N) is 1. The number of aryl methyl sites for hydroxylation is 3. The Morgan fingerprint density at radius 2 is 2.04 bits per heavy atom. The molecule has 3 heterocycles. The Hall–Kier alpha value is -1.86. The van der Waals surface area contributed by atoms with Gasteiger partial charge in [-0.1, -0.05) is 0 Å². The van der Waals surface area contributed by atoms with Crippen LogP contribution in [0.1, 0.15) is 17.1 Å². The van der Waals surface area contributed by atoms with E-state index in [4.69, 9.17) is 4.74 Å². The summed E-state index contributed by atoms with van der Waals surface area (Å²) < 4.78 is 9.62. The van der Waals surface area contributed by atoms with E-state index in [2.05, 4.69) is 31.8 Å². The van der Waals surface area contributed by atoms with Crippen molar-refractivity contribution in [2.75, 3.05) is 37.7 Å². The zero-order valence-corrected chi connectivity index (χ0v) is 14.2. The van der Waals surface area contributed by atoms with Crippen LogP contribution in [0.15, 0.2) is 12.4 Å². The molecule has 7 heteroatoms. The van der Waals surface area contributed by atoms with Crippen molar-refractivity contribution in [3.05, 3.63) is 29.5 Å². The van der Waals surface area contributed by atoms with Crippen LogP contribution in [0.25, 0.3) is 0 Å². The van der Waals surface area contributed by atoms with Gasteiger partial charge in [0.15, 0.2) is 0 Å². The van der Waals surface area contributed by atoms with Crippen LogP contribution in [0, 0.1) is 13.8 Å². The average Bonchev–Trinajstić information content (AvgIpc) is 3.07. The molecule has 1 aliphatic rings. The van der Waals surface area contributed by atoms with Crippen molar-refractivity contribution in [1.29, 1.82) is 0 Å². The summed E-state index contributed by atoms with van der Waals surface area (Å²) in [6.45, 7) is 10.2. The lowest BCUT2D eigenvalue weighted by atomic mass is 10.2. The minimum Gasteiger partial charge on any atom is -0.378 e. The Morgan fingerprint density at radius 1 is 1.26 bits per heavy atom. The minimum absolute atomic E-state index is 0.789. The molecule has 1 saturated heterocycles. The lowest BCUT2D eigenvalue weighted by molar-refractivity contribution is 0.122. The number of rotatable bonds is 6. The van der Waals surface area contributed by atoms with Gasteiger partial charge in [0, 0.05) is 57.7 Å². The lowest BCUT2D eigenvalue weighted by Crippen LogP contribution is -2.38. The topological polar surface area (TPSA) is 60.1 Å². The second-order valence-electron chi connectivity index (χ2n) is 5.96. The molecule has 0 aromatic carbocycles. The molecule has 0 aliphatic carbocycles. The summed E-state index contributed by atoms with van der Waals surface area (Å²) in [5, 5.41) is 8.15. The highest BCUT2D eigenvalue weighted by molar-refractivity contribution is 5.50. The lowest BCUT2D eigenvalue weighted by Gasteiger charge is -2.29. The van der Waals surface area contributed by atoms with Gasteiger partial charge in [-0.25, -0.2) is 4.98 Å². The van der Waals surface area contributed by atoms with E-state index in [9.17, 15) is 0 Å². The van der Waals surface area contributed by atoms with E-state index in [-0.39, 0.29) is 0 Å². The summed E-state index contributed by atoms with van der Waals surface area (Å²) in [5.41, 5.74) is 2.39. The van der Waals surface area contributed by atoms with Crippen LogP contribution in [-0.2, 0) is 24.9 Å². The summed E-state index contributed by atoms with van der Waals surface area (Å²) in [6.07, 6.45) is 3.86. The minimum atomic E-state index is 0.789. The van der Waals surface area contributed by atoms with Crippen LogP contribution >= 0.6 is 0 Å². The highest BCUT2D eigenvalue weighted by Crippen LogP contribution is 2.23. The average molecular weight is 318 g/mol. The van der Waals surface area contributed by atoms with E-state index in [1.165, 1.54) is 11.4 Å². The van der Waals surface area contributed by atoms with Crippen LogP contribution in [0.3, 0.4) is 0 Å². The van der Waals surface area contributed by atoms with E-state index in [0.29, 0.717) is 0 Å². The molecule has 0 radical (unpaired) electrons. The standard InChI is InChI=1S/C16H26N6O/c1-13-15(12-17-4-6-21-7-5-18-14(21)2)16(20(3)19-13)22-8-10-23-11-9-22/h5,7,17H,4,6,8-12H2,1-3H3. The van der Waals surface area contributed by atoms with Gasteiger partial charge in [0.05, 0.1) is 18.9 Å². The summed E-state index contributed by atoms with van der Waals surface area (Å²) in [7, 11) is 2.02. The van der Waals surface area contributed by atoms with Crippen molar-refractivity contribution < 1.29 is 4.74 Å². The molecular formula is C16H26N6O. The molecule has 1 aliphatic heterocycles. The van der Waals surface area contributed by atoms with E-state index in [1.807, 2.05) is 31.0 Å². The summed E-state index contributed by atoms with van der Waals surface area (Å²) in [5.74, 6) is 2.27. The number of nitrogens with zero attached hydrogens (tertiary/aromatic N) is 5. The van der Waals surface area contributed by atoms with Gasteiger partial charge < -0.3 is 19.5 Å². The van der Waals surface area contributed by atoms with Gasteiger partial charge in [0.1, 0.15) is 11.6 Å². The Morgan fingerprint density at radius 3 is 2.74 bits per heavy atom. The van der Waals surface area contributed by atoms with Crippen molar-refractivity contribution in [2.45, 2.75) is 26.9 Å². The van der Waals surface area contributed by atoms with E-state index in [0.717, 1.165) is 57.5 Å². The number of anilines is 1. The number of hydrogen-bond acceptors (Lipinski definition) is 5. The van der Waals surface area contributed by atoms with Gasteiger partial charge in [-0.3, -0.25) is 4.68 Å². The van der Waals surface area contributed by atoms with Gasteiger partial charge in [-0.05, 0) is 13.8 Å². The molecule has 3 rings (SSSR count). The normalized spacial score (nSPS) is 15.3. The summed E-state index contributed by atoms with van der Waals surface area (Å²) in [4.78, 5) is 6.63. The fourth-order valence-electron chi connectivity index (χ4n) is 3.12. The quantitative estimate of drug-likeness (QED) is 0.801. The first kappa shape index (κ1) is 16.0. The molecule has 1 N–H and O–H groups in total. The van der Waals surface area contributed by atoms with Crippen LogP contribution in [0.4, 0.5) is 5.82 Å². The third-order valence-electron chi connectivity index (χ3n) is 4.38. The Balaban J connectivity index is 1.61. The Bertz CT molecular complexity index is 641. The van der Waals surface area contributed by atoms with Crippen molar-refractivity contribution in [1.82, 2.24) is 24.6 Å². The maximum absolute atomic E-state index is 5.46. The first-order chi connectivity index (χ1) is 11.2. The van der Waals surface area contributed by atoms with Gasteiger partial charge in [0.25, 0.3) is 0 Å². The molecule has 0 unspecified atom stereocenters. The Labute approximate surface area is 137 Å².